The molecule has 11 aromatic rings. The van der Waals surface area contributed by atoms with Crippen molar-refractivity contribution in [1.29, 1.82) is 0 Å². The molecule has 0 fully saturated rings. The van der Waals surface area contributed by atoms with Gasteiger partial charge >= 0.3 is 0 Å². The van der Waals surface area contributed by atoms with E-state index in [4.69, 9.17) is 18.8 Å². The lowest BCUT2D eigenvalue weighted by atomic mass is 9.93. The molecular formula is C52H35N5O2. The van der Waals surface area contributed by atoms with Crippen molar-refractivity contribution in [3.8, 4) is 67.5 Å². The number of hydrogen-bond donors (Lipinski definition) is 0. The highest BCUT2D eigenvalue weighted by Gasteiger charge is 2.16. The molecule has 0 bridgehead atoms. The average Bonchev–Trinajstić information content (AvgIpc) is 3.87. The summed E-state index contributed by atoms with van der Waals surface area (Å²) in [4.78, 5) is 22.9. The Kier molecular flexibility index (Phi) is 9.08. The van der Waals surface area contributed by atoms with Gasteiger partial charge in [0.2, 0.25) is 0 Å². The van der Waals surface area contributed by atoms with Crippen LogP contribution in [-0.4, -0.2) is 24.9 Å². The predicted octanol–water partition coefficient (Wildman–Crippen LogP) is 13.7. The summed E-state index contributed by atoms with van der Waals surface area (Å²) >= 11 is 0. The second-order valence-electron chi connectivity index (χ2n) is 14.2. The van der Waals surface area contributed by atoms with Gasteiger partial charge in [0.15, 0.2) is 11.6 Å². The van der Waals surface area contributed by atoms with Gasteiger partial charge in [0.05, 0.1) is 11.4 Å². The van der Waals surface area contributed by atoms with Crippen molar-refractivity contribution in [2.45, 2.75) is 6.92 Å². The lowest BCUT2D eigenvalue weighted by Crippen LogP contribution is -1.97. The first-order valence-corrected chi connectivity index (χ1v) is 19.3. The minimum Gasteiger partial charge on any atom is -0.456 e. The lowest BCUT2D eigenvalue weighted by Gasteiger charge is -2.13. The molecule has 59 heavy (non-hydrogen) atoms. The van der Waals surface area contributed by atoms with E-state index in [9.17, 15) is 0 Å². The third-order valence-corrected chi connectivity index (χ3v) is 10.3. The van der Waals surface area contributed by atoms with E-state index in [1.807, 2.05) is 73.7 Å². The Morgan fingerprint density at radius 2 is 0.831 bits per heavy atom. The monoisotopic (exact) mass is 761 g/mol. The molecule has 11 rings (SSSR count). The molecule has 0 aliphatic carbocycles. The summed E-state index contributed by atoms with van der Waals surface area (Å²) in [5.74, 6) is 1.26. The molecule has 0 spiro atoms. The van der Waals surface area contributed by atoms with Crippen molar-refractivity contribution >= 4 is 43.9 Å². The van der Waals surface area contributed by atoms with E-state index in [1.54, 1.807) is 6.08 Å². The Balaban J connectivity index is 0.00000136. The van der Waals surface area contributed by atoms with Gasteiger partial charge in [0, 0.05) is 43.8 Å². The molecule has 7 heteroatoms. The van der Waals surface area contributed by atoms with E-state index < -0.39 is 0 Å². The fraction of sp³-hybridized carbons (Fsp3) is 0.0192. The van der Waals surface area contributed by atoms with Crippen LogP contribution in [0.2, 0.25) is 0 Å². The van der Waals surface area contributed by atoms with Gasteiger partial charge in [-0.1, -0.05) is 109 Å². The van der Waals surface area contributed by atoms with Crippen LogP contribution in [0.25, 0.3) is 111 Å². The van der Waals surface area contributed by atoms with Crippen LogP contribution in [0.15, 0.2) is 198 Å². The normalized spacial score (nSPS) is 11.2. The summed E-state index contributed by atoms with van der Waals surface area (Å²) in [6.45, 7) is 5.25. The van der Waals surface area contributed by atoms with E-state index in [0.29, 0.717) is 11.6 Å². The zero-order valence-electron chi connectivity index (χ0n) is 32.1. The molecule has 4 aromatic heterocycles. The molecule has 0 amide bonds. The summed E-state index contributed by atoms with van der Waals surface area (Å²) in [5, 5.41) is 4.33. The maximum atomic E-state index is 6.21. The second-order valence-corrected chi connectivity index (χ2v) is 14.2. The van der Waals surface area contributed by atoms with Crippen LogP contribution in [-0.2, 0) is 0 Å². The zero-order chi connectivity index (χ0) is 39.7. The standard InChI is InChI=1S/C49H29N5O2.C3H6/c1-2-8-31(9-3-1)49-53-42(30-14-16-32(17-15-30)48-51-28-50-29-52-48)27-43(54-49)37-23-35(33-18-20-46-40(25-33)38-10-4-6-12-44(38)55-46)22-36(24-37)34-19-21-47-41(26-34)39-11-5-7-13-45(39)56-47;1-3-2/h1-29H;3H,1H2,2H3. The van der Waals surface area contributed by atoms with Crippen LogP contribution in [0.4, 0.5) is 0 Å². The topological polar surface area (TPSA) is 90.7 Å². The molecule has 0 radical (unpaired) electrons. The number of aromatic nitrogens is 5. The number of hydrogen-bond acceptors (Lipinski definition) is 7. The van der Waals surface area contributed by atoms with Gasteiger partial charge in [-0.2, -0.15) is 0 Å². The molecule has 0 N–H and O–H groups in total. The van der Waals surface area contributed by atoms with Gasteiger partial charge in [-0.25, -0.2) is 24.9 Å². The third kappa shape index (κ3) is 6.81. The van der Waals surface area contributed by atoms with Gasteiger partial charge in [-0.05, 0) is 89.8 Å². The van der Waals surface area contributed by atoms with E-state index >= 15 is 0 Å². The van der Waals surface area contributed by atoms with E-state index in [2.05, 4.69) is 119 Å². The van der Waals surface area contributed by atoms with Crippen molar-refractivity contribution in [2.75, 3.05) is 0 Å². The molecule has 7 nitrogen and oxygen atoms in total. The number of furan rings is 2. The Morgan fingerprint density at radius 1 is 0.390 bits per heavy atom. The first-order valence-electron chi connectivity index (χ1n) is 19.3. The Labute approximate surface area is 340 Å². The van der Waals surface area contributed by atoms with Gasteiger partial charge in [0.25, 0.3) is 0 Å². The third-order valence-electron chi connectivity index (χ3n) is 10.3. The van der Waals surface area contributed by atoms with Crippen molar-refractivity contribution in [3.05, 3.63) is 189 Å². The number of rotatable bonds is 6. The largest absolute Gasteiger partial charge is 0.456 e. The molecule has 0 saturated heterocycles. The Bertz CT molecular complexity index is 3170. The highest BCUT2D eigenvalue weighted by atomic mass is 16.3. The minimum atomic E-state index is 0.618. The maximum absolute atomic E-state index is 6.21. The van der Waals surface area contributed by atoms with Gasteiger partial charge in [-0.3, -0.25) is 0 Å². The number of fused-ring (bicyclic) bond motifs is 6. The highest BCUT2D eigenvalue weighted by molar-refractivity contribution is 6.07. The van der Waals surface area contributed by atoms with Gasteiger partial charge in [0.1, 0.15) is 35.0 Å². The summed E-state index contributed by atoms with van der Waals surface area (Å²) in [7, 11) is 0. The Hall–Kier alpha value is -8.03. The SMILES string of the molecule is C=CC.c1ccc(-c2nc(-c3ccc(-c4ncncn4)cc3)cc(-c3cc(-c4ccc5oc6ccccc6c5c4)cc(-c4ccc5oc6ccccc6c5c4)c3)n2)cc1. The van der Waals surface area contributed by atoms with Crippen molar-refractivity contribution in [2.24, 2.45) is 0 Å². The summed E-state index contributed by atoms with van der Waals surface area (Å²) in [5.41, 5.74) is 13.1. The highest BCUT2D eigenvalue weighted by Crippen LogP contribution is 2.39. The van der Waals surface area contributed by atoms with Crippen LogP contribution >= 0.6 is 0 Å². The van der Waals surface area contributed by atoms with E-state index in [1.165, 1.54) is 12.7 Å². The van der Waals surface area contributed by atoms with Crippen molar-refractivity contribution < 1.29 is 8.83 Å². The van der Waals surface area contributed by atoms with E-state index in [0.717, 1.165) is 99.8 Å². The first kappa shape index (κ1) is 35.4. The number of para-hydroxylation sites is 2. The predicted molar refractivity (Wildman–Crippen MR) is 238 cm³/mol. The molecule has 7 aromatic carbocycles. The second kappa shape index (κ2) is 15.1. The molecule has 0 aliphatic heterocycles. The fourth-order valence-corrected chi connectivity index (χ4v) is 7.56. The average molecular weight is 762 g/mol. The quantitative estimate of drug-likeness (QED) is 0.156. The number of nitrogens with zero attached hydrogens (tertiary/aromatic N) is 5. The number of benzene rings is 7. The molecule has 0 unspecified atom stereocenters. The van der Waals surface area contributed by atoms with E-state index in [-0.39, 0.29) is 0 Å². The van der Waals surface area contributed by atoms with Crippen LogP contribution < -0.4 is 0 Å². The first-order chi connectivity index (χ1) is 29.1. The van der Waals surface area contributed by atoms with Crippen molar-refractivity contribution in [1.82, 2.24) is 24.9 Å². The molecular weight excluding hydrogens is 727 g/mol. The van der Waals surface area contributed by atoms with Gasteiger partial charge in [-0.15, -0.1) is 6.58 Å². The Morgan fingerprint density at radius 3 is 1.41 bits per heavy atom. The smallest absolute Gasteiger partial charge is 0.162 e. The zero-order valence-corrected chi connectivity index (χ0v) is 32.1. The number of allylic oxidation sites excluding steroid dienone is 1. The summed E-state index contributed by atoms with van der Waals surface area (Å²) < 4.78 is 12.4. The summed E-state index contributed by atoms with van der Waals surface area (Å²) in [6.07, 6.45) is 4.76. The molecule has 4 heterocycles. The summed E-state index contributed by atoms with van der Waals surface area (Å²) in [6, 6.07) is 56.3. The van der Waals surface area contributed by atoms with Crippen LogP contribution in [0.3, 0.4) is 0 Å². The van der Waals surface area contributed by atoms with Gasteiger partial charge < -0.3 is 8.83 Å². The van der Waals surface area contributed by atoms with Crippen LogP contribution in [0, 0.1) is 0 Å². The lowest BCUT2D eigenvalue weighted by molar-refractivity contribution is 0.668. The fourth-order valence-electron chi connectivity index (χ4n) is 7.56. The molecule has 0 saturated carbocycles. The van der Waals surface area contributed by atoms with Crippen LogP contribution in [0.1, 0.15) is 6.92 Å². The molecule has 280 valence electrons. The van der Waals surface area contributed by atoms with Crippen LogP contribution in [0.5, 0.6) is 0 Å². The van der Waals surface area contributed by atoms with Crippen molar-refractivity contribution in [3.63, 3.8) is 0 Å². The molecule has 0 atom stereocenters. The minimum absolute atomic E-state index is 0.618. The maximum Gasteiger partial charge on any atom is 0.162 e. The molecule has 0 aliphatic rings.